The van der Waals surface area contributed by atoms with Crippen LogP contribution in [0.5, 0.6) is 0 Å². The van der Waals surface area contributed by atoms with Crippen molar-refractivity contribution >= 4 is 22.9 Å². The van der Waals surface area contributed by atoms with Gasteiger partial charge in [0, 0.05) is 6.42 Å². The first-order chi connectivity index (χ1) is 5.74. The van der Waals surface area contributed by atoms with E-state index in [4.69, 9.17) is 6.42 Å². The normalized spacial score (nSPS) is 22.1. The van der Waals surface area contributed by atoms with Crippen LogP contribution in [0.15, 0.2) is 0 Å². The molecule has 64 valence electrons. The third-order valence-corrected chi connectivity index (χ3v) is 2.60. The second-order valence-electron chi connectivity index (χ2n) is 2.48. The molecule has 0 bridgehead atoms. The van der Waals surface area contributed by atoms with Gasteiger partial charge in [-0.2, -0.15) is 0 Å². The molecule has 1 unspecified atom stereocenters. The van der Waals surface area contributed by atoms with Crippen molar-refractivity contribution in [3.8, 4) is 12.3 Å². The molecule has 0 saturated carbocycles. The van der Waals surface area contributed by atoms with Gasteiger partial charge in [-0.1, -0.05) is 11.8 Å². The fourth-order valence-electron chi connectivity index (χ4n) is 0.973. The number of thioether (sulfide) groups is 1. The molecule has 2 amide bonds. The van der Waals surface area contributed by atoms with Crippen LogP contribution in [0.1, 0.15) is 19.3 Å². The summed E-state index contributed by atoms with van der Waals surface area (Å²) in [6, 6.07) is 0. The van der Waals surface area contributed by atoms with E-state index in [1.165, 1.54) is 0 Å². The van der Waals surface area contributed by atoms with Crippen molar-refractivity contribution in [2.75, 3.05) is 0 Å². The van der Waals surface area contributed by atoms with Crippen LogP contribution in [0.25, 0.3) is 0 Å². The lowest BCUT2D eigenvalue weighted by atomic mass is 10.2. The Balaban J connectivity index is 2.29. The van der Waals surface area contributed by atoms with Crippen LogP contribution in [-0.2, 0) is 4.79 Å². The van der Waals surface area contributed by atoms with Gasteiger partial charge in [0.15, 0.2) is 0 Å². The summed E-state index contributed by atoms with van der Waals surface area (Å²) in [5.41, 5.74) is 0. The van der Waals surface area contributed by atoms with E-state index in [1.54, 1.807) is 0 Å². The van der Waals surface area contributed by atoms with E-state index in [9.17, 15) is 9.59 Å². The van der Waals surface area contributed by atoms with Crippen LogP contribution in [0.3, 0.4) is 0 Å². The van der Waals surface area contributed by atoms with Crippen LogP contribution < -0.4 is 5.32 Å². The predicted octanol–water partition coefficient (Wildman–Crippen LogP) is 1.14. The Morgan fingerprint density at radius 3 is 2.83 bits per heavy atom. The van der Waals surface area contributed by atoms with Crippen molar-refractivity contribution in [3.63, 3.8) is 0 Å². The van der Waals surface area contributed by atoms with Gasteiger partial charge in [0.05, 0.1) is 5.25 Å². The zero-order valence-electron chi connectivity index (χ0n) is 6.50. The molecule has 1 heterocycles. The maximum atomic E-state index is 11.0. The number of rotatable bonds is 3. The minimum absolute atomic E-state index is 0.179. The van der Waals surface area contributed by atoms with E-state index >= 15 is 0 Å². The summed E-state index contributed by atoms with van der Waals surface area (Å²) in [6.45, 7) is 0. The quantitative estimate of drug-likeness (QED) is 0.527. The monoisotopic (exact) mass is 183 g/mol. The summed E-state index contributed by atoms with van der Waals surface area (Å²) in [5, 5.41) is 1.77. The summed E-state index contributed by atoms with van der Waals surface area (Å²) in [7, 11) is 0. The van der Waals surface area contributed by atoms with Gasteiger partial charge in [-0.3, -0.25) is 14.9 Å². The molecule has 3 nitrogen and oxygen atoms in total. The molecule has 1 aliphatic rings. The number of unbranched alkanes of at least 4 members (excludes halogenated alkanes) is 1. The van der Waals surface area contributed by atoms with Crippen molar-refractivity contribution in [2.24, 2.45) is 0 Å². The Morgan fingerprint density at radius 1 is 1.58 bits per heavy atom. The SMILES string of the molecule is C#CCCCC1SC(=O)NC1=O. The van der Waals surface area contributed by atoms with Crippen LogP contribution in [0.2, 0.25) is 0 Å². The van der Waals surface area contributed by atoms with Crippen LogP contribution >= 0.6 is 11.8 Å². The molecule has 4 heteroatoms. The fourth-order valence-corrected chi connectivity index (χ4v) is 1.84. The van der Waals surface area contributed by atoms with Crippen LogP contribution in [-0.4, -0.2) is 16.4 Å². The Hall–Kier alpha value is -0.950. The van der Waals surface area contributed by atoms with Gasteiger partial charge in [-0.15, -0.1) is 12.3 Å². The van der Waals surface area contributed by atoms with E-state index in [0.29, 0.717) is 12.8 Å². The number of terminal acetylenes is 1. The Kier molecular flexibility index (Phi) is 3.18. The molecule has 12 heavy (non-hydrogen) atoms. The second kappa shape index (κ2) is 4.17. The molecule has 0 spiro atoms. The second-order valence-corrected chi connectivity index (χ2v) is 3.66. The van der Waals surface area contributed by atoms with Gasteiger partial charge < -0.3 is 0 Å². The highest BCUT2D eigenvalue weighted by Gasteiger charge is 2.30. The molecule has 0 aliphatic carbocycles. The Morgan fingerprint density at radius 2 is 2.33 bits per heavy atom. The number of imide groups is 1. The lowest BCUT2D eigenvalue weighted by Gasteiger charge is -2.00. The highest BCUT2D eigenvalue weighted by atomic mass is 32.2. The predicted molar refractivity (Wildman–Crippen MR) is 47.6 cm³/mol. The van der Waals surface area contributed by atoms with Crippen molar-refractivity contribution in [2.45, 2.75) is 24.5 Å². The minimum Gasteiger partial charge on any atom is -0.286 e. The summed E-state index contributed by atoms with van der Waals surface area (Å²) >= 11 is 1.06. The minimum atomic E-state index is -0.245. The topological polar surface area (TPSA) is 46.2 Å². The first kappa shape index (κ1) is 9.14. The van der Waals surface area contributed by atoms with Crippen LogP contribution in [0.4, 0.5) is 4.79 Å². The van der Waals surface area contributed by atoms with E-state index in [2.05, 4.69) is 11.2 Å². The largest absolute Gasteiger partial charge is 0.286 e. The van der Waals surface area contributed by atoms with E-state index in [1.807, 2.05) is 0 Å². The molecule has 0 radical (unpaired) electrons. The Labute approximate surface area is 75.3 Å². The average Bonchev–Trinajstić information content (AvgIpc) is 2.31. The van der Waals surface area contributed by atoms with E-state index < -0.39 is 0 Å². The number of hydrogen-bond acceptors (Lipinski definition) is 3. The van der Waals surface area contributed by atoms with Crippen molar-refractivity contribution in [1.82, 2.24) is 5.32 Å². The van der Waals surface area contributed by atoms with Crippen molar-refractivity contribution < 1.29 is 9.59 Å². The number of carbonyl (C=O) groups is 2. The molecule has 0 aromatic rings. The molecule has 1 rings (SSSR count). The number of hydrogen-bond donors (Lipinski definition) is 1. The molecule has 1 aliphatic heterocycles. The maximum Gasteiger partial charge on any atom is 0.286 e. The third kappa shape index (κ3) is 2.28. The average molecular weight is 183 g/mol. The number of nitrogens with one attached hydrogen (secondary N) is 1. The maximum absolute atomic E-state index is 11.0. The molecule has 0 aromatic carbocycles. The molecular formula is C8H9NO2S. The molecule has 1 N–H and O–H groups in total. The zero-order chi connectivity index (χ0) is 8.97. The highest BCUT2D eigenvalue weighted by molar-refractivity contribution is 8.15. The third-order valence-electron chi connectivity index (χ3n) is 1.55. The van der Waals surface area contributed by atoms with Gasteiger partial charge in [-0.05, 0) is 12.8 Å². The molecular weight excluding hydrogens is 174 g/mol. The fraction of sp³-hybridized carbons (Fsp3) is 0.500. The van der Waals surface area contributed by atoms with Gasteiger partial charge in [-0.25, -0.2) is 0 Å². The summed E-state index contributed by atoms with van der Waals surface area (Å²) < 4.78 is 0. The van der Waals surface area contributed by atoms with E-state index in [0.717, 1.165) is 18.2 Å². The summed E-state index contributed by atoms with van der Waals surface area (Å²) in [6.07, 6.45) is 7.20. The lowest BCUT2D eigenvalue weighted by Crippen LogP contribution is -2.23. The smallest absolute Gasteiger partial charge is 0.286 e. The van der Waals surface area contributed by atoms with Gasteiger partial charge in [0.2, 0.25) is 5.91 Å². The molecule has 1 fully saturated rings. The van der Waals surface area contributed by atoms with Gasteiger partial charge in [0.1, 0.15) is 0 Å². The highest BCUT2D eigenvalue weighted by Crippen LogP contribution is 2.23. The Bertz CT molecular complexity index is 244. The number of amides is 2. The zero-order valence-corrected chi connectivity index (χ0v) is 7.32. The first-order valence-corrected chi connectivity index (χ1v) is 4.57. The van der Waals surface area contributed by atoms with Crippen molar-refractivity contribution in [1.29, 1.82) is 0 Å². The number of carbonyl (C=O) groups excluding carboxylic acids is 2. The van der Waals surface area contributed by atoms with E-state index in [-0.39, 0.29) is 16.4 Å². The standard InChI is InChI=1S/C8H9NO2S/c1-2-3-4-5-6-7(10)9-8(11)12-6/h1,6H,3-5H2,(H,9,10,11). The van der Waals surface area contributed by atoms with Crippen LogP contribution in [0, 0.1) is 12.3 Å². The first-order valence-electron chi connectivity index (χ1n) is 3.69. The molecule has 0 aromatic heterocycles. The summed E-state index contributed by atoms with van der Waals surface area (Å²) in [4.78, 5) is 21.7. The van der Waals surface area contributed by atoms with Gasteiger partial charge >= 0.3 is 0 Å². The summed E-state index contributed by atoms with van der Waals surface area (Å²) in [5.74, 6) is 2.31. The lowest BCUT2D eigenvalue weighted by molar-refractivity contribution is -0.119. The van der Waals surface area contributed by atoms with Gasteiger partial charge in [0.25, 0.3) is 5.24 Å². The molecule has 1 saturated heterocycles. The van der Waals surface area contributed by atoms with Crippen molar-refractivity contribution in [3.05, 3.63) is 0 Å². The molecule has 1 atom stereocenters.